The van der Waals surface area contributed by atoms with Crippen LogP contribution in [0.4, 0.5) is 5.13 Å². The van der Waals surface area contributed by atoms with Crippen molar-refractivity contribution in [2.45, 2.75) is 47.6 Å². The van der Waals surface area contributed by atoms with Crippen LogP contribution in [0.5, 0.6) is 0 Å². The van der Waals surface area contributed by atoms with Crippen molar-refractivity contribution in [2.75, 3.05) is 5.32 Å². The first-order chi connectivity index (χ1) is 9.45. The van der Waals surface area contributed by atoms with Gasteiger partial charge in [-0.1, -0.05) is 42.9 Å². The van der Waals surface area contributed by atoms with Gasteiger partial charge >= 0.3 is 0 Å². The summed E-state index contributed by atoms with van der Waals surface area (Å²) in [6.07, 6.45) is 1.00. The zero-order valence-electron chi connectivity index (χ0n) is 12.9. The monoisotopic (exact) mass is 289 g/mol. The maximum absolute atomic E-state index is 4.23. The van der Waals surface area contributed by atoms with Crippen molar-refractivity contribution in [3.05, 3.63) is 39.4 Å². The zero-order valence-corrected chi connectivity index (χ0v) is 13.8. The Hall–Kier alpha value is -1.42. The summed E-state index contributed by atoms with van der Waals surface area (Å²) < 4.78 is 0. The molecule has 0 aliphatic carbocycles. The van der Waals surface area contributed by atoms with Gasteiger partial charge < -0.3 is 5.32 Å². The third-order valence-electron chi connectivity index (χ3n) is 3.31. The molecule has 1 aromatic carbocycles. The molecule has 1 heterocycles. The number of nitrogens with zero attached hydrogens (tertiary/aromatic N) is 2. The van der Waals surface area contributed by atoms with Crippen LogP contribution in [0.15, 0.2) is 12.1 Å². The second kappa shape index (κ2) is 6.35. The van der Waals surface area contributed by atoms with Gasteiger partial charge in [-0.15, -0.1) is 10.2 Å². The Morgan fingerprint density at radius 3 is 2.35 bits per heavy atom. The summed E-state index contributed by atoms with van der Waals surface area (Å²) >= 11 is 1.66. The Labute approximate surface area is 125 Å². The Bertz CT molecular complexity index is 564. The highest BCUT2D eigenvalue weighted by molar-refractivity contribution is 7.15. The average Bonchev–Trinajstić information content (AvgIpc) is 2.74. The van der Waals surface area contributed by atoms with Gasteiger partial charge in [-0.05, 0) is 43.4 Å². The van der Waals surface area contributed by atoms with Gasteiger partial charge in [-0.25, -0.2) is 0 Å². The number of nitrogens with one attached hydrogen (secondary N) is 1. The summed E-state index contributed by atoms with van der Waals surface area (Å²) in [5, 5.41) is 13.9. The molecule has 2 rings (SSSR count). The molecular weight excluding hydrogens is 266 g/mol. The van der Waals surface area contributed by atoms with Gasteiger partial charge in [0.15, 0.2) is 0 Å². The molecule has 0 unspecified atom stereocenters. The first kappa shape index (κ1) is 15.0. The van der Waals surface area contributed by atoms with Crippen LogP contribution in [0.2, 0.25) is 0 Å². The van der Waals surface area contributed by atoms with Crippen LogP contribution >= 0.6 is 11.3 Å². The van der Waals surface area contributed by atoms with E-state index >= 15 is 0 Å². The summed E-state index contributed by atoms with van der Waals surface area (Å²) in [6, 6.07) is 4.46. The molecule has 0 aliphatic heterocycles. The van der Waals surface area contributed by atoms with Crippen LogP contribution in [0, 0.1) is 26.7 Å². The molecule has 1 N–H and O–H groups in total. The van der Waals surface area contributed by atoms with Crippen molar-refractivity contribution in [3.63, 3.8) is 0 Å². The van der Waals surface area contributed by atoms with E-state index in [1.807, 2.05) is 0 Å². The number of hydrogen-bond donors (Lipinski definition) is 1. The van der Waals surface area contributed by atoms with Gasteiger partial charge in [-0.3, -0.25) is 0 Å². The van der Waals surface area contributed by atoms with E-state index in [9.17, 15) is 0 Å². The van der Waals surface area contributed by atoms with Gasteiger partial charge in [-0.2, -0.15) is 0 Å². The quantitative estimate of drug-likeness (QED) is 0.893. The third-order valence-corrected chi connectivity index (χ3v) is 4.21. The van der Waals surface area contributed by atoms with Gasteiger partial charge in [0.1, 0.15) is 5.01 Å². The lowest BCUT2D eigenvalue weighted by molar-refractivity contribution is 0.640. The van der Waals surface area contributed by atoms with Gasteiger partial charge in [0.05, 0.1) is 0 Å². The van der Waals surface area contributed by atoms with E-state index in [0.717, 1.165) is 23.1 Å². The van der Waals surface area contributed by atoms with E-state index in [0.29, 0.717) is 5.92 Å². The molecule has 0 radical (unpaired) electrons. The fourth-order valence-corrected chi connectivity index (χ4v) is 3.36. The highest BCUT2D eigenvalue weighted by Crippen LogP contribution is 2.21. The van der Waals surface area contributed by atoms with E-state index < -0.39 is 0 Å². The molecule has 0 amide bonds. The number of aryl methyl sites for hydroxylation is 3. The Kier molecular flexibility index (Phi) is 4.76. The predicted octanol–water partition coefficient (Wildman–Crippen LogP) is 4.27. The minimum Gasteiger partial charge on any atom is -0.356 e. The summed E-state index contributed by atoms with van der Waals surface area (Å²) in [4.78, 5) is 0. The number of benzene rings is 1. The topological polar surface area (TPSA) is 37.8 Å². The van der Waals surface area contributed by atoms with Gasteiger partial charge in [0.25, 0.3) is 0 Å². The SMILES string of the molecule is Cc1cc(C)c(CNc2nnc(CC(C)C)s2)c(C)c1. The lowest BCUT2D eigenvalue weighted by atomic mass is 10.00. The minimum atomic E-state index is 0.623. The fourth-order valence-electron chi connectivity index (χ4n) is 2.41. The van der Waals surface area contributed by atoms with Crippen molar-refractivity contribution >= 4 is 16.5 Å². The predicted molar refractivity (Wildman–Crippen MR) is 86.4 cm³/mol. The molecular formula is C16H23N3S. The molecule has 0 saturated carbocycles. The van der Waals surface area contributed by atoms with Crippen molar-refractivity contribution in [2.24, 2.45) is 5.92 Å². The fraction of sp³-hybridized carbons (Fsp3) is 0.500. The number of aromatic nitrogens is 2. The lowest BCUT2D eigenvalue weighted by Gasteiger charge is -2.11. The van der Waals surface area contributed by atoms with E-state index in [1.165, 1.54) is 22.3 Å². The molecule has 0 atom stereocenters. The molecule has 4 heteroatoms. The van der Waals surface area contributed by atoms with Crippen molar-refractivity contribution in [3.8, 4) is 0 Å². The summed E-state index contributed by atoms with van der Waals surface area (Å²) in [5.74, 6) is 0.623. The molecule has 0 aliphatic rings. The summed E-state index contributed by atoms with van der Waals surface area (Å²) in [7, 11) is 0. The number of hydrogen-bond acceptors (Lipinski definition) is 4. The van der Waals surface area contributed by atoms with E-state index in [-0.39, 0.29) is 0 Å². The van der Waals surface area contributed by atoms with Crippen molar-refractivity contribution < 1.29 is 0 Å². The van der Waals surface area contributed by atoms with E-state index in [1.54, 1.807) is 11.3 Å². The molecule has 0 saturated heterocycles. The summed E-state index contributed by atoms with van der Waals surface area (Å²) in [5.41, 5.74) is 5.35. The first-order valence-electron chi connectivity index (χ1n) is 7.08. The average molecular weight is 289 g/mol. The second-order valence-corrected chi connectivity index (χ2v) is 6.89. The van der Waals surface area contributed by atoms with Crippen molar-refractivity contribution in [1.29, 1.82) is 0 Å². The maximum atomic E-state index is 4.23. The van der Waals surface area contributed by atoms with Crippen LogP contribution in [-0.2, 0) is 13.0 Å². The van der Waals surface area contributed by atoms with E-state index in [2.05, 4.69) is 62.3 Å². The van der Waals surface area contributed by atoms with E-state index in [4.69, 9.17) is 0 Å². The number of anilines is 1. The maximum Gasteiger partial charge on any atom is 0.205 e. The molecule has 1 aromatic heterocycles. The first-order valence-corrected chi connectivity index (χ1v) is 7.90. The van der Waals surface area contributed by atoms with Crippen LogP contribution in [0.25, 0.3) is 0 Å². The molecule has 0 bridgehead atoms. The zero-order chi connectivity index (χ0) is 14.7. The largest absolute Gasteiger partial charge is 0.356 e. The smallest absolute Gasteiger partial charge is 0.205 e. The highest BCUT2D eigenvalue weighted by atomic mass is 32.1. The van der Waals surface area contributed by atoms with Gasteiger partial charge in [0.2, 0.25) is 5.13 Å². The molecule has 20 heavy (non-hydrogen) atoms. The molecule has 108 valence electrons. The Morgan fingerprint density at radius 2 is 1.75 bits per heavy atom. The molecule has 2 aromatic rings. The highest BCUT2D eigenvalue weighted by Gasteiger charge is 2.08. The Balaban J connectivity index is 2.04. The van der Waals surface area contributed by atoms with Gasteiger partial charge in [0, 0.05) is 13.0 Å². The van der Waals surface area contributed by atoms with Crippen LogP contribution in [0.1, 0.15) is 41.1 Å². The lowest BCUT2D eigenvalue weighted by Crippen LogP contribution is -2.03. The normalized spacial score (nSPS) is 11.1. The third kappa shape index (κ3) is 3.79. The molecule has 3 nitrogen and oxygen atoms in total. The minimum absolute atomic E-state index is 0.623. The second-order valence-electron chi connectivity index (χ2n) is 5.83. The molecule has 0 fully saturated rings. The van der Waals surface area contributed by atoms with Crippen LogP contribution in [-0.4, -0.2) is 10.2 Å². The van der Waals surface area contributed by atoms with Crippen molar-refractivity contribution in [1.82, 2.24) is 10.2 Å². The van der Waals surface area contributed by atoms with Crippen LogP contribution in [0.3, 0.4) is 0 Å². The standard InChI is InChI=1S/C16H23N3S/c1-10(2)6-15-18-19-16(20-15)17-9-14-12(4)7-11(3)8-13(14)5/h7-8,10H,6,9H2,1-5H3,(H,17,19). The number of rotatable bonds is 5. The molecule has 0 spiro atoms. The Morgan fingerprint density at radius 1 is 1.10 bits per heavy atom. The summed E-state index contributed by atoms with van der Waals surface area (Å²) in [6.45, 7) is 11.7. The van der Waals surface area contributed by atoms with Crippen LogP contribution < -0.4 is 5.32 Å².